The minimum Gasteiger partial charge on any atom is -0.508 e. The quantitative estimate of drug-likeness (QED) is 0.850. The molecule has 1 aromatic heterocycles. The van der Waals surface area contributed by atoms with Gasteiger partial charge in [-0.2, -0.15) is 0 Å². The van der Waals surface area contributed by atoms with Gasteiger partial charge in [0.05, 0.1) is 0 Å². The molecule has 0 atom stereocenters. The largest absolute Gasteiger partial charge is 0.508 e. The van der Waals surface area contributed by atoms with E-state index in [0.29, 0.717) is 5.75 Å². The number of nitrogens with one attached hydrogen (secondary N) is 1. The highest BCUT2D eigenvalue weighted by Gasteiger charge is 1.99. The minimum atomic E-state index is 0.326. The zero-order chi connectivity index (χ0) is 11.4. The molecule has 84 valence electrons. The molecule has 3 heteroatoms. The van der Waals surface area contributed by atoms with Crippen molar-refractivity contribution in [2.24, 2.45) is 0 Å². The molecule has 2 rings (SSSR count). The second kappa shape index (κ2) is 5.14. The van der Waals surface area contributed by atoms with E-state index in [1.165, 1.54) is 10.4 Å². The van der Waals surface area contributed by atoms with Crippen molar-refractivity contribution in [1.82, 2.24) is 5.32 Å². The van der Waals surface area contributed by atoms with Crippen LogP contribution in [0, 0.1) is 6.92 Å². The Kier molecular flexibility index (Phi) is 3.59. The highest BCUT2D eigenvalue weighted by molar-refractivity contribution is 7.10. The van der Waals surface area contributed by atoms with Gasteiger partial charge >= 0.3 is 0 Å². The minimum absolute atomic E-state index is 0.326. The number of phenols is 1. The third-order valence-corrected chi connectivity index (χ3v) is 3.52. The maximum absolute atomic E-state index is 9.31. The molecule has 0 saturated carbocycles. The zero-order valence-corrected chi connectivity index (χ0v) is 10.1. The van der Waals surface area contributed by atoms with E-state index < -0.39 is 0 Å². The SMILES string of the molecule is Cc1ccsc1CNCc1cccc(O)c1. The molecule has 16 heavy (non-hydrogen) atoms. The lowest BCUT2D eigenvalue weighted by molar-refractivity contribution is 0.474. The first-order valence-corrected chi connectivity index (χ1v) is 6.15. The molecule has 2 aromatic rings. The Morgan fingerprint density at radius 2 is 2.12 bits per heavy atom. The zero-order valence-electron chi connectivity index (χ0n) is 9.23. The Hall–Kier alpha value is -1.32. The fourth-order valence-corrected chi connectivity index (χ4v) is 2.45. The van der Waals surface area contributed by atoms with Crippen molar-refractivity contribution in [3.63, 3.8) is 0 Å². The summed E-state index contributed by atoms with van der Waals surface area (Å²) in [4.78, 5) is 1.38. The summed E-state index contributed by atoms with van der Waals surface area (Å²) in [6.07, 6.45) is 0. The molecule has 1 aromatic carbocycles. The van der Waals surface area contributed by atoms with E-state index in [1.54, 1.807) is 23.5 Å². The van der Waals surface area contributed by atoms with Crippen LogP contribution in [-0.4, -0.2) is 5.11 Å². The first kappa shape index (κ1) is 11.2. The Balaban J connectivity index is 1.87. The van der Waals surface area contributed by atoms with Crippen LogP contribution in [0.4, 0.5) is 0 Å². The standard InChI is InChI=1S/C13H15NOS/c1-10-5-6-16-13(10)9-14-8-11-3-2-4-12(15)7-11/h2-7,14-15H,8-9H2,1H3. The predicted molar refractivity (Wildman–Crippen MR) is 67.7 cm³/mol. The van der Waals surface area contributed by atoms with Gasteiger partial charge in [-0.1, -0.05) is 12.1 Å². The molecular formula is C13H15NOS. The number of phenolic OH excluding ortho intramolecular Hbond substituents is 1. The second-order valence-electron chi connectivity index (χ2n) is 3.80. The van der Waals surface area contributed by atoms with Crippen LogP contribution in [-0.2, 0) is 13.1 Å². The number of hydrogen-bond donors (Lipinski definition) is 2. The maximum atomic E-state index is 9.31. The highest BCUT2D eigenvalue weighted by atomic mass is 32.1. The fraction of sp³-hybridized carbons (Fsp3) is 0.231. The summed E-state index contributed by atoms with van der Waals surface area (Å²) in [5.41, 5.74) is 2.45. The number of benzene rings is 1. The Morgan fingerprint density at radius 3 is 2.81 bits per heavy atom. The van der Waals surface area contributed by atoms with Crippen molar-refractivity contribution < 1.29 is 5.11 Å². The summed E-state index contributed by atoms with van der Waals surface area (Å²) in [7, 11) is 0. The third kappa shape index (κ3) is 2.84. The average molecular weight is 233 g/mol. The van der Waals surface area contributed by atoms with Gasteiger partial charge in [-0.05, 0) is 41.6 Å². The van der Waals surface area contributed by atoms with Crippen molar-refractivity contribution in [2.75, 3.05) is 0 Å². The van der Waals surface area contributed by atoms with Crippen molar-refractivity contribution in [3.05, 3.63) is 51.7 Å². The second-order valence-corrected chi connectivity index (χ2v) is 4.80. The summed E-state index contributed by atoms with van der Waals surface area (Å²) in [6.45, 7) is 3.80. The highest BCUT2D eigenvalue weighted by Crippen LogP contribution is 2.15. The summed E-state index contributed by atoms with van der Waals surface area (Å²) in [6, 6.07) is 9.48. The Bertz CT molecular complexity index is 464. The monoisotopic (exact) mass is 233 g/mol. The molecule has 0 amide bonds. The molecule has 0 bridgehead atoms. The number of aryl methyl sites for hydroxylation is 1. The van der Waals surface area contributed by atoms with Crippen LogP contribution in [0.5, 0.6) is 5.75 Å². The van der Waals surface area contributed by atoms with Crippen molar-refractivity contribution in [1.29, 1.82) is 0 Å². The van der Waals surface area contributed by atoms with Gasteiger partial charge in [0.2, 0.25) is 0 Å². The lowest BCUT2D eigenvalue weighted by Gasteiger charge is -2.04. The molecule has 2 N–H and O–H groups in total. The van der Waals surface area contributed by atoms with Crippen molar-refractivity contribution in [2.45, 2.75) is 20.0 Å². The van der Waals surface area contributed by atoms with Gasteiger partial charge in [-0.3, -0.25) is 0 Å². The smallest absolute Gasteiger partial charge is 0.115 e. The summed E-state index contributed by atoms with van der Waals surface area (Å²) < 4.78 is 0. The number of thiophene rings is 1. The molecule has 1 heterocycles. The molecular weight excluding hydrogens is 218 g/mol. The van der Waals surface area contributed by atoms with Gasteiger partial charge in [0.1, 0.15) is 5.75 Å². The van der Waals surface area contributed by atoms with Crippen LogP contribution >= 0.6 is 11.3 Å². The van der Waals surface area contributed by atoms with Crippen LogP contribution in [0.1, 0.15) is 16.0 Å². The van der Waals surface area contributed by atoms with Crippen LogP contribution in [0.15, 0.2) is 35.7 Å². The molecule has 0 radical (unpaired) electrons. The van der Waals surface area contributed by atoms with E-state index in [9.17, 15) is 5.11 Å². The van der Waals surface area contributed by atoms with Gasteiger partial charge in [-0.15, -0.1) is 11.3 Å². The van der Waals surface area contributed by atoms with Gasteiger partial charge in [0.15, 0.2) is 0 Å². The van der Waals surface area contributed by atoms with E-state index in [4.69, 9.17) is 0 Å². The number of hydrogen-bond acceptors (Lipinski definition) is 3. The van der Waals surface area contributed by atoms with Gasteiger partial charge in [0.25, 0.3) is 0 Å². The molecule has 0 unspecified atom stereocenters. The molecule has 0 saturated heterocycles. The van der Waals surface area contributed by atoms with Crippen LogP contribution < -0.4 is 5.32 Å². The third-order valence-electron chi connectivity index (χ3n) is 2.49. The maximum Gasteiger partial charge on any atom is 0.115 e. The van der Waals surface area contributed by atoms with E-state index in [2.05, 4.69) is 23.7 Å². The average Bonchev–Trinajstić information content (AvgIpc) is 2.65. The molecule has 0 fully saturated rings. The van der Waals surface area contributed by atoms with Crippen LogP contribution in [0.2, 0.25) is 0 Å². The molecule has 0 aliphatic rings. The van der Waals surface area contributed by atoms with Crippen LogP contribution in [0.3, 0.4) is 0 Å². The van der Waals surface area contributed by atoms with Gasteiger partial charge in [-0.25, -0.2) is 0 Å². The fourth-order valence-electron chi connectivity index (χ4n) is 1.57. The van der Waals surface area contributed by atoms with Crippen molar-refractivity contribution in [3.8, 4) is 5.75 Å². The van der Waals surface area contributed by atoms with E-state index in [1.807, 2.05) is 12.1 Å². The van der Waals surface area contributed by atoms with Crippen molar-refractivity contribution >= 4 is 11.3 Å². The van der Waals surface area contributed by atoms with Gasteiger partial charge in [0, 0.05) is 18.0 Å². The molecule has 0 spiro atoms. The summed E-state index contributed by atoms with van der Waals surface area (Å²) >= 11 is 1.78. The van der Waals surface area contributed by atoms with Crippen LogP contribution in [0.25, 0.3) is 0 Å². The molecule has 0 aliphatic heterocycles. The normalized spacial score (nSPS) is 10.6. The summed E-state index contributed by atoms with van der Waals surface area (Å²) in [5, 5.41) is 14.8. The number of aromatic hydroxyl groups is 1. The van der Waals surface area contributed by atoms with Gasteiger partial charge < -0.3 is 10.4 Å². The lowest BCUT2D eigenvalue weighted by atomic mass is 10.2. The number of rotatable bonds is 4. The lowest BCUT2D eigenvalue weighted by Crippen LogP contribution is -2.12. The molecule has 0 aliphatic carbocycles. The first-order chi connectivity index (χ1) is 7.75. The van der Waals surface area contributed by atoms with E-state index in [-0.39, 0.29) is 0 Å². The Morgan fingerprint density at radius 1 is 1.25 bits per heavy atom. The molecule has 2 nitrogen and oxygen atoms in total. The topological polar surface area (TPSA) is 32.3 Å². The summed E-state index contributed by atoms with van der Waals surface area (Å²) in [5.74, 6) is 0.326. The van der Waals surface area contributed by atoms with E-state index in [0.717, 1.165) is 18.7 Å². The van der Waals surface area contributed by atoms with E-state index >= 15 is 0 Å². The Labute approximate surface area is 99.6 Å². The first-order valence-electron chi connectivity index (χ1n) is 5.27. The predicted octanol–water partition coefficient (Wildman–Crippen LogP) is 3.05.